The van der Waals surface area contributed by atoms with Crippen molar-refractivity contribution in [3.05, 3.63) is 29.8 Å². The van der Waals surface area contributed by atoms with Crippen LogP contribution in [0.4, 0.5) is 0 Å². The molecule has 1 unspecified atom stereocenters. The number of fused-ring (bicyclic) bond motifs is 1. The number of unbranched alkanes of at least 4 members (excludes halogenated alkanes) is 1. The Morgan fingerprint density at radius 2 is 2.17 bits per heavy atom. The van der Waals surface area contributed by atoms with E-state index in [0.29, 0.717) is 5.92 Å². The molecule has 1 aromatic carbocycles. The minimum absolute atomic E-state index is 0.689. The van der Waals surface area contributed by atoms with Crippen LogP contribution in [0, 0.1) is 0 Å². The predicted octanol–water partition coefficient (Wildman–Crippen LogP) is 2.94. The zero-order valence-corrected chi connectivity index (χ0v) is 12.1. The fourth-order valence-corrected chi connectivity index (χ4v) is 3.79. The van der Waals surface area contributed by atoms with Crippen LogP contribution in [0.1, 0.15) is 31.2 Å². The lowest BCUT2D eigenvalue weighted by molar-refractivity contribution is 0.265. The van der Waals surface area contributed by atoms with Crippen molar-refractivity contribution in [1.82, 2.24) is 4.90 Å². The van der Waals surface area contributed by atoms with E-state index >= 15 is 0 Å². The van der Waals surface area contributed by atoms with Gasteiger partial charge < -0.3 is 10.6 Å². The van der Waals surface area contributed by atoms with Gasteiger partial charge in [-0.3, -0.25) is 0 Å². The molecule has 0 radical (unpaired) electrons. The molecule has 0 bridgehead atoms. The average molecular weight is 264 g/mol. The van der Waals surface area contributed by atoms with E-state index in [1.165, 1.54) is 36.6 Å². The average Bonchev–Trinajstić information content (AvgIpc) is 2.80. The highest BCUT2D eigenvalue weighted by molar-refractivity contribution is 7.99. The van der Waals surface area contributed by atoms with E-state index in [4.69, 9.17) is 5.73 Å². The Balaban J connectivity index is 1.95. The van der Waals surface area contributed by atoms with E-state index in [-0.39, 0.29) is 0 Å². The largest absolute Gasteiger partial charge is 0.329 e. The Morgan fingerprint density at radius 3 is 2.94 bits per heavy atom. The first-order chi connectivity index (χ1) is 8.85. The molecular formula is C15H24N2S. The first-order valence-electron chi connectivity index (χ1n) is 6.99. The lowest BCUT2D eigenvalue weighted by Crippen LogP contribution is -2.34. The minimum Gasteiger partial charge on any atom is -0.329 e. The van der Waals surface area contributed by atoms with Gasteiger partial charge in [-0.05, 0) is 24.6 Å². The highest BCUT2D eigenvalue weighted by Crippen LogP contribution is 2.39. The zero-order valence-electron chi connectivity index (χ0n) is 11.3. The lowest BCUT2D eigenvalue weighted by Gasteiger charge is -2.25. The molecule has 1 heterocycles. The molecule has 0 saturated carbocycles. The summed E-state index contributed by atoms with van der Waals surface area (Å²) in [7, 11) is 0. The summed E-state index contributed by atoms with van der Waals surface area (Å²) in [6.45, 7) is 6.41. The molecular weight excluding hydrogens is 240 g/mol. The Morgan fingerprint density at radius 1 is 1.33 bits per heavy atom. The van der Waals surface area contributed by atoms with E-state index in [1.54, 1.807) is 5.56 Å². The van der Waals surface area contributed by atoms with Crippen LogP contribution in [0.3, 0.4) is 0 Å². The van der Waals surface area contributed by atoms with Gasteiger partial charge in [0.15, 0.2) is 0 Å². The van der Waals surface area contributed by atoms with Crippen LogP contribution in [-0.2, 0) is 0 Å². The molecule has 0 saturated heterocycles. The molecule has 18 heavy (non-hydrogen) atoms. The van der Waals surface area contributed by atoms with Crippen LogP contribution in [0.25, 0.3) is 0 Å². The van der Waals surface area contributed by atoms with E-state index < -0.39 is 0 Å². The molecule has 2 N–H and O–H groups in total. The molecule has 2 rings (SSSR count). The van der Waals surface area contributed by atoms with Gasteiger partial charge in [-0.1, -0.05) is 31.5 Å². The van der Waals surface area contributed by atoms with Crippen molar-refractivity contribution in [2.24, 2.45) is 5.73 Å². The van der Waals surface area contributed by atoms with Gasteiger partial charge in [0.2, 0.25) is 0 Å². The fourth-order valence-electron chi connectivity index (χ4n) is 2.55. The zero-order chi connectivity index (χ0) is 12.8. The van der Waals surface area contributed by atoms with Crippen molar-refractivity contribution in [3.63, 3.8) is 0 Å². The molecule has 0 aliphatic carbocycles. The van der Waals surface area contributed by atoms with E-state index in [2.05, 4.69) is 36.1 Å². The third kappa shape index (κ3) is 3.50. The van der Waals surface area contributed by atoms with Gasteiger partial charge in [0.25, 0.3) is 0 Å². The van der Waals surface area contributed by atoms with Gasteiger partial charge in [0, 0.05) is 36.2 Å². The van der Waals surface area contributed by atoms with Crippen LogP contribution >= 0.6 is 11.8 Å². The third-order valence-corrected chi connectivity index (χ3v) is 4.80. The van der Waals surface area contributed by atoms with Crippen molar-refractivity contribution in [2.75, 3.05) is 31.9 Å². The molecule has 1 aliphatic heterocycles. The molecule has 0 fully saturated rings. The normalized spacial score (nSPS) is 18.3. The van der Waals surface area contributed by atoms with Crippen molar-refractivity contribution in [3.8, 4) is 0 Å². The molecule has 2 nitrogen and oxygen atoms in total. The third-order valence-electron chi connectivity index (χ3n) is 3.55. The van der Waals surface area contributed by atoms with E-state index in [1.807, 2.05) is 11.8 Å². The molecule has 0 amide bonds. The predicted molar refractivity (Wildman–Crippen MR) is 80.3 cm³/mol. The number of nitrogens with two attached hydrogens (primary N) is 1. The molecule has 1 aromatic rings. The van der Waals surface area contributed by atoms with Crippen molar-refractivity contribution in [1.29, 1.82) is 0 Å². The van der Waals surface area contributed by atoms with Crippen molar-refractivity contribution >= 4 is 11.8 Å². The number of nitrogens with zero attached hydrogens (tertiary/aromatic N) is 1. The Hall–Kier alpha value is -0.510. The number of benzene rings is 1. The quantitative estimate of drug-likeness (QED) is 0.821. The monoisotopic (exact) mass is 264 g/mol. The van der Waals surface area contributed by atoms with Crippen molar-refractivity contribution in [2.45, 2.75) is 30.6 Å². The van der Waals surface area contributed by atoms with Gasteiger partial charge in [-0.25, -0.2) is 0 Å². The summed E-state index contributed by atoms with van der Waals surface area (Å²) in [5, 5.41) is 0. The van der Waals surface area contributed by atoms with E-state index in [0.717, 1.165) is 13.1 Å². The first-order valence-corrected chi connectivity index (χ1v) is 7.97. The topological polar surface area (TPSA) is 29.3 Å². The molecule has 0 aromatic heterocycles. The summed E-state index contributed by atoms with van der Waals surface area (Å²) in [5.41, 5.74) is 7.27. The fraction of sp³-hybridized carbons (Fsp3) is 0.600. The summed E-state index contributed by atoms with van der Waals surface area (Å²) in [6, 6.07) is 8.85. The Labute approximate surface area is 115 Å². The molecule has 1 atom stereocenters. The van der Waals surface area contributed by atoms with Gasteiger partial charge >= 0.3 is 0 Å². The van der Waals surface area contributed by atoms with Crippen LogP contribution in [-0.4, -0.2) is 36.8 Å². The van der Waals surface area contributed by atoms with Crippen molar-refractivity contribution < 1.29 is 0 Å². The van der Waals surface area contributed by atoms with Crippen LogP contribution in [0.15, 0.2) is 29.2 Å². The summed E-state index contributed by atoms with van der Waals surface area (Å²) < 4.78 is 0. The second-order valence-electron chi connectivity index (χ2n) is 4.99. The summed E-state index contributed by atoms with van der Waals surface area (Å²) in [4.78, 5) is 4.02. The molecule has 3 heteroatoms. The van der Waals surface area contributed by atoms with E-state index in [9.17, 15) is 0 Å². The summed E-state index contributed by atoms with van der Waals surface area (Å²) in [6.07, 6.45) is 2.54. The second-order valence-corrected chi connectivity index (χ2v) is 6.05. The maximum Gasteiger partial charge on any atom is 0.0108 e. The molecule has 100 valence electrons. The van der Waals surface area contributed by atoms with Crippen LogP contribution < -0.4 is 5.73 Å². The highest BCUT2D eigenvalue weighted by atomic mass is 32.2. The molecule has 0 spiro atoms. The van der Waals surface area contributed by atoms with Gasteiger partial charge in [-0.2, -0.15) is 0 Å². The van der Waals surface area contributed by atoms with Gasteiger partial charge in [-0.15, -0.1) is 11.8 Å². The molecule has 1 aliphatic rings. The van der Waals surface area contributed by atoms with Gasteiger partial charge in [0.1, 0.15) is 0 Å². The Kier molecular flexibility index (Phi) is 5.54. The maximum atomic E-state index is 5.72. The lowest BCUT2D eigenvalue weighted by atomic mass is 10.0. The summed E-state index contributed by atoms with van der Waals surface area (Å²) >= 11 is 2.00. The number of thioether (sulfide) groups is 1. The SMILES string of the molecule is CCCCN(CCN)CC1CSc2ccccc21. The smallest absolute Gasteiger partial charge is 0.0108 e. The maximum absolute atomic E-state index is 5.72. The highest BCUT2D eigenvalue weighted by Gasteiger charge is 2.24. The first kappa shape index (κ1) is 13.9. The number of rotatable bonds is 7. The number of hydrogen-bond acceptors (Lipinski definition) is 3. The second kappa shape index (κ2) is 7.17. The Bertz CT molecular complexity index is 367. The minimum atomic E-state index is 0.689. The van der Waals surface area contributed by atoms with Crippen LogP contribution in [0.5, 0.6) is 0 Å². The number of hydrogen-bond donors (Lipinski definition) is 1. The van der Waals surface area contributed by atoms with Crippen LogP contribution in [0.2, 0.25) is 0 Å². The standard InChI is InChI=1S/C15H24N2S/c1-2-3-9-17(10-8-16)11-13-12-18-15-7-5-4-6-14(13)15/h4-7,13H,2-3,8-12,16H2,1H3. The van der Waals surface area contributed by atoms with Gasteiger partial charge in [0.05, 0.1) is 0 Å². The summed E-state index contributed by atoms with van der Waals surface area (Å²) in [5.74, 6) is 1.92.